The van der Waals surface area contributed by atoms with Crippen LogP contribution in [0.15, 0.2) is 197 Å². The van der Waals surface area contributed by atoms with Crippen LogP contribution in [0, 0.1) is 0 Å². The van der Waals surface area contributed by atoms with E-state index in [-0.39, 0.29) is 6.04 Å². The molecule has 3 nitrogen and oxygen atoms in total. The minimum Gasteiger partial charge on any atom is -0.456 e. The summed E-state index contributed by atoms with van der Waals surface area (Å²) in [6, 6.07) is 61.4. The van der Waals surface area contributed by atoms with E-state index in [2.05, 4.69) is 164 Å². The van der Waals surface area contributed by atoms with Gasteiger partial charge in [-0.3, -0.25) is 0 Å². The summed E-state index contributed by atoms with van der Waals surface area (Å²) in [4.78, 5) is 5.36. The van der Waals surface area contributed by atoms with E-state index in [1.165, 1.54) is 16.7 Å². The van der Waals surface area contributed by atoms with Crippen molar-refractivity contribution in [3.05, 3.63) is 204 Å². The Labute approximate surface area is 297 Å². The second-order valence-corrected chi connectivity index (χ2v) is 13.0. The van der Waals surface area contributed by atoms with Crippen LogP contribution in [0.5, 0.6) is 0 Å². The third-order valence-electron chi connectivity index (χ3n) is 9.73. The summed E-state index contributed by atoms with van der Waals surface area (Å²) in [5, 5.41) is 5.92. The number of benzene rings is 7. The molecule has 0 aliphatic carbocycles. The van der Waals surface area contributed by atoms with E-state index in [4.69, 9.17) is 9.41 Å². The number of fused-ring (bicyclic) bond motifs is 3. The number of nitrogens with zero attached hydrogens (tertiary/aromatic N) is 1. The number of hydrogen-bond acceptors (Lipinski definition) is 3. The topological polar surface area (TPSA) is 37.5 Å². The summed E-state index contributed by atoms with van der Waals surface area (Å²) < 4.78 is 6.50. The molecule has 51 heavy (non-hydrogen) atoms. The van der Waals surface area contributed by atoms with Gasteiger partial charge in [0.15, 0.2) is 0 Å². The molecule has 9 rings (SSSR count). The lowest BCUT2D eigenvalue weighted by molar-refractivity contribution is 0.669. The number of nitrogens with one attached hydrogen (secondary N) is 1. The number of aliphatic imine (C=N–C) groups is 1. The van der Waals surface area contributed by atoms with Gasteiger partial charge in [0.05, 0.1) is 6.04 Å². The maximum Gasteiger partial charge on any atom is 0.136 e. The highest BCUT2D eigenvalue weighted by Gasteiger charge is 2.22. The van der Waals surface area contributed by atoms with E-state index in [1.807, 2.05) is 30.3 Å². The molecule has 2 heterocycles. The Kier molecular flexibility index (Phi) is 7.74. The second kappa shape index (κ2) is 13.0. The van der Waals surface area contributed by atoms with Crippen LogP contribution in [-0.4, -0.2) is 5.84 Å². The monoisotopic (exact) mass is 654 g/mol. The summed E-state index contributed by atoms with van der Waals surface area (Å²) in [5.41, 5.74) is 17.4. The van der Waals surface area contributed by atoms with Gasteiger partial charge in [-0.1, -0.05) is 163 Å². The van der Waals surface area contributed by atoms with Gasteiger partial charge in [0, 0.05) is 21.9 Å². The van der Waals surface area contributed by atoms with Crippen molar-refractivity contribution in [3.63, 3.8) is 0 Å². The van der Waals surface area contributed by atoms with Crippen molar-refractivity contribution in [2.24, 2.45) is 4.99 Å². The molecule has 0 bridgehead atoms. The van der Waals surface area contributed by atoms with Crippen molar-refractivity contribution in [2.45, 2.75) is 13.0 Å². The molecule has 0 radical (unpaired) electrons. The van der Waals surface area contributed by atoms with Gasteiger partial charge in [0.1, 0.15) is 22.7 Å². The molecule has 242 valence electrons. The lowest BCUT2D eigenvalue weighted by atomic mass is 9.96. The maximum absolute atomic E-state index is 6.50. The largest absolute Gasteiger partial charge is 0.456 e. The summed E-state index contributed by atoms with van der Waals surface area (Å²) in [7, 11) is 0. The minimum atomic E-state index is -0.131. The number of furan rings is 1. The zero-order chi connectivity index (χ0) is 34.1. The molecule has 1 aromatic heterocycles. The molecule has 0 amide bonds. The van der Waals surface area contributed by atoms with Crippen molar-refractivity contribution < 1.29 is 4.42 Å². The highest BCUT2D eigenvalue weighted by Crippen LogP contribution is 2.38. The molecule has 1 aliphatic heterocycles. The summed E-state index contributed by atoms with van der Waals surface area (Å²) in [6.07, 6.45) is 0. The molecule has 0 fully saturated rings. The molecule has 0 saturated carbocycles. The molecule has 7 aromatic carbocycles. The Bertz CT molecular complexity index is 2610. The van der Waals surface area contributed by atoms with E-state index in [0.717, 1.165) is 72.4 Å². The molecule has 1 unspecified atom stereocenters. The lowest BCUT2D eigenvalue weighted by Crippen LogP contribution is -2.29. The predicted molar refractivity (Wildman–Crippen MR) is 211 cm³/mol. The van der Waals surface area contributed by atoms with Gasteiger partial charge in [0.2, 0.25) is 0 Å². The van der Waals surface area contributed by atoms with Crippen LogP contribution < -0.4 is 5.32 Å². The molecular weight excluding hydrogens is 621 g/mol. The Morgan fingerprint density at radius 2 is 1.04 bits per heavy atom. The van der Waals surface area contributed by atoms with Crippen LogP contribution in [0.3, 0.4) is 0 Å². The number of hydrogen-bond donors (Lipinski definition) is 1. The molecule has 1 atom stereocenters. The van der Waals surface area contributed by atoms with Gasteiger partial charge in [-0.2, -0.15) is 0 Å². The SMILES string of the molecule is CC1=C=C(c2cccc3oc4cc(-c5ccccc5)ccc4c23)N=C(c2ccc(-c3ccccc3)cc2)NC1c1ccc(-c2ccccc2)cc1. The van der Waals surface area contributed by atoms with Gasteiger partial charge < -0.3 is 9.73 Å². The van der Waals surface area contributed by atoms with Crippen LogP contribution in [-0.2, 0) is 0 Å². The molecular formula is C48H34N2O. The van der Waals surface area contributed by atoms with Gasteiger partial charge >= 0.3 is 0 Å². The lowest BCUT2D eigenvalue weighted by Gasteiger charge is -2.21. The third kappa shape index (κ3) is 5.87. The predicted octanol–water partition coefficient (Wildman–Crippen LogP) is 12.3. The minimum absolute atomic E-state index is 0.131. The zero-order valence-corrected chi connectivity index (χ0v) is 28.2. The van der Waals surface area contributed by atoms with E-state index in [9.17, 15) is 0 Å². The Morgan fingerprint density at radius 1 is 0.510 bits per heavy atom. The first-order valence-electron chi connectivity index (χ1n) is 17.3. The fourth-order valence-electron chi connectivity index (χ4n) is 7.07. The normalized spacial score (nSPS) is 14.4. The van der Waals surface area contributed by atoms with Crippen molar-refractivity contribution in [3.8, 4) is 33.4 Å². The van der Waals surface area contributed by atoms with Crippen LogP contribution in [0.2, 0.25) is 0 Å². The first kappa shape index (κ1) is 30.4. The quantitative estimate of drug-likeness (QED) is 0.181. The van der Waals surface area contributed by atoms with Crippen LogP contribution in [0.4, 0.5) is 0 Å². The summed E-state index contributed by atoms with van der Waals surface area (Å²) in [5.74, 6) is 0.794. The molecule has 1 aliphatic rings. The van der Waals surface area contributed by atoms with Crippen molar-refractivity contribution in [1.82, 2.24) is 5.32 Å². The Balaban J connectivity index is 1.18. The number of rotatable bonds is 6. The fourth-order valence-corrected chi connectivity index (χ4v) is 7.07. The highest BCUT2D eigenvalue weighted by atomic mass is 16.3. The molecule has 8 aromatic rings. The third-order valence-corrected chi connectivity index (χ3v) is 9.73. The molecule has 0 saturated heterocycles. The van der Waals surface area contributed by atoms with Crippen LogP contribution in [0.25, 0.3) is 61.0 Å². The average molecular weight is 655 g/mol. The van der Waals surface area contributed by atoms with Gasteiger partial charge in [-0.25, -0.2) is 4.99 Å². The van der Waals surface area contributed by atoms with Crippen molar-refractivity contribution in [2.75, 3.05) is 0 Å². The van der Waals surface area contributed by atoms with Crippen molar-refractivity contribution in [1.29, 1.82) is 0 Å². The van der Waals surface area contributed by atoms with E-state index in [0.29, 0.717) is 0 Å². The zero-order valence-electron chi connectivity index (χ0n) is 28.2. The van der Waals surface area contributed by atoms with E-state index < -0.39 is 0 Å². The highest BCUT2D eigenvalue weighted by molar-refractivity contribution is 6.12. The summed E-state index contributed by atoms with van der Waals surface area (Å²) >= 11 is 0. The molecule has 0 spiro atoms. The first-order chi connectivity index (χ1) is 25.2. The fraction of sp³-hybridized carbons (Fsp3) is 0.0417. The molecule has 3 heteroatoms. The van der Waals surface area contributed by atoms with Crippen molar-refractivity contribution >= 4 is 33.5 Å². The van der Waals surface area contributed by atoms with Crippen LogP contribution in [0.1, 0.15) is 29.7 Å². The summed E-state index contributed by atoms with van der Waals surface area (Å²) in [6.45, 7) is 2.14. The number of amidine groups is 1. The van der Waals surface area contributed by atoms with E-state index >= 15 is 0 Å². The van der Waals surface area contributed by atoms with E-state index in [1.54, 1.807) is 0 Å². The van der Waals surface area contributed by atoms with Crippen LogP contribution >= 0.6 is 0 Å². The van der Waals surface area contributed by atoms with Gasteiger partial charge in [-0.15, -0.1) is 0 Å². The Hall–Kier alpha value is -6.67. The first-order valence-corrected chi connectivity index (χ1v) is 17.3. The molecule has 1 N–H and O–H groups in total. The average Bonchev–Trinajstić information content (AvgIpc) is 3.49. The van der Waals surface area contributed by atoms with Gasteiger partial charge in [0.25, 0.3) is 0 Å². The standard InChI is InChI=1S/C48H34N2O/c1-32-30-43(41-18-11-19-44-46(41)42-29-28-40(31-45(42)51-44)35-16-9-4-10-17-35)49-48(39-26-22-37(23-27-39)34-14-7-3-8-15-34)50-47(32)38-24-20-36(21-25-38)33-12-5-2-6-13-33/h2-29,31,47H,1H3,(H,49,50). The maximum atomic E-state index is 6.50. The smallest absolute Gasteiger partial charge is 0.136 e. The Morgan fingerprint density at radius 3 is 1.67 bits per heavy atom. The second-order valence-electron chi connectivity index (χ2n) is 13.0. The van der Waals surface area contributed by atoms with Gasteiger partial charge in [-0.05, 0) is 69.6 Å².